The third kappa shape index (κ3) is 2.72. The van der Waals surface area contributed by atoms with Crippen LogP contribution in [0.1, 0.15) is 49.7 Å². The highest BCUT2D eigenvalue weighted by Gasteiger charge is 2.43. The van der Waals surface area contributed by atoms with Crippen molar-refractivity contribution in [3.05, 3.63) is 29.3 Å². The molecule has 1 aromatic carbocycles. The normalized spacial score (nSPS) is 21.1. The average molecular weight is 303 g/mol. The predicted molar refractivity (Wildman–Crippen MR) is 85.3 cm³/mol. The van der Waals surface area contributed by atoms with Crippen LogP contribution in [0.4, 0.5) is 0 Å². The molecule has 0 aromatic heterocycles. The van der Waals surface area contributed by atoms with Gasteiger partial charge in [-0.3, -0.25) is 9.69 Å². The molecule has 0 radical (unpaired) electrons. The van der Waals surface area contributed by atoms with Gasteiger partial charge in [-0.2, -0.15) is 0 Å². The molecule has 0 bridgehead atoms. The van der Waals surface area contributed by atoms with Gasteiger partial charge in [-0.15, -0.1) is 0 Å². The van der Waals surface area contributed by atoms with Crippen molar-refractivity contribution in [2.45, 2.75) is 50.5 Å². The van der Waals surface area contributed by atoms with Crippen LogP contribution < -0.4 is 4.74 Å². The van der Waals surface area contributed by atoms with E-state index in [1.54, 1.807) is 7.11 Å². The van der Waals surface area contributed by atoms with Gasteiger partial charge in [0.15, 0.2) is 0 Å². The van der Waals surface area contributed by atoms with Gasteiger partial charge in [0.1, 0.15) is 5.75 Å². The Morgan fingerprint density at radius 3 is 2.50 bits per heavy atom. The molecule has 1 aliphatic heterocycles. The number of methoxy groups -OCH3 is 1. The maximum absolute atomic E-state index is 11.9. The summed E-state index contributed by atoms with van der Waals surface area (Å²) >= 11 is 0. The molecule has 22 heavy (non-hydrogen) atoms. The van der Waals surface area contributed by atoms with Crippen molar-refractivity contribution in [1.82, 2.24) is 4.90 Å². The maximum atomic E-state index is 11.9. The quantitative estimate of drug-likeness (QED) is 0.907. The van der Waals surface area contributed by atoms with Crippen molar-refractivity contribution < 1.29 is 14.6 Å². The number of rotatable bonds is 5. The molecule has 2 aliphatic rings. The maximum Gasteiger partial charge on any atom is 0.314 e. The summed E-state index contributed by atoms with van der Waals surface area (Å²) < 4.78 is 5.49. The van der Waals surface area contributed by atoms with Crippen LogP contribution in [0.15, 0.2) is 18.2 Å². The number of hydrogen-bond acceptors (Lipinski definition) is 3. The largest absolute Gasteiger partial charge is 0.496 e. The van der Waals surface area contributed by atoms with Crippen molar-refractivity contribution in [3.8, 4) is 5.75 Å². The molecule has 4 heteroatoms. The fraction of sp³-hybridized carbons (Fsp3) is 0.611. The van der Waals surface area contributed by atoms with Crippen LogP contribution in [0.25, 0.3) is 0 Å². The molecule has 3 rings (SSSR count). The van der Waals surface area contributed by atoms with Crippen LogP contribution in [0, 0.1) is 0 Å². The zero-order valence-corrected chi connectivity index (χ0v) is 13.3. The third-order valence-corrected chi connectivity index (χ3v) is 5.29. The Bertz CT molecular complexity index is 543. The minimum atomic E-state index is -0.688. The van der Waals surface area contributed by atoms with E-state index in [-0.39, 0.29) is 0 Å². The summed E-state index contributed by atoms with van der Waals surface area (Å²) in [6, 6.07) is 5.98. The summed E-state index contributed by atoms with van der Waals surface area (Å²) in [5, 5.41) is 9.78. The minimum absolute atomic E-state index is 0.678. The lowest BCUT2D eigenvalue weighted by Crippen LogP contribution is -2.32. The molecular weight excluding hydrogens is 278 g/mol. The molecule has 1 heterocycles. The van der Waals surface area contributed by atoms with Gasteiger partial charge in [-0.1, -0.05) is 18.9 Å². The lowest BCUT2D eigenvalue weighted by atomic mass is 9.78. The van der Waals surface area contributed by atoms with Crippen molar-refractivity contribution in [3.63, 3.8) is 0 Å². The fourth-order valence-electron chi connectivity index (χ4n) is 3.99. The lowest BCUT2D eigenvalue weighted by molar-refractivity contribution is -0.143. The molecule has 0 atom stereocenters. The third-order valence-electron chi connectivity index (χ3n) is 5.29. The highest BCUT2D eigenvalue weighted by atomic mass is 16.5. The Balaban J connectivity index is 1.93. The van der Waals surface area contributed by atoms with Gasteiger partial charge >= 0.3 is 5.97 Å². The number of likely N-dealkylation sites (tertiary alicyclic amines) is 1. The van der Waals surface area contributed by atoms with Crippen molar-refractivity contribution in [1.29, 1.82) is 0 Å². The first-order valence-corrected chi connectivity index (χ1v) is 8.29. The van der Waals surface area contributed by atoms with E-state index in [2.05, 4.69) is 11.0 Å². The first kappa shape index (κ1) is 15.3. The van der Waals surface area contributed by atoms with Crippen molar-refractivity contribution >= 4 is 5.97 Å². The number of carbonyl (C=O) groups is 1. The number of nitrogens with zero attached hydrogens (tertiary/aromatic N) is 1. The highest BCUT2D eigenvalue weighted by molar-refractivity contribution is 5.82. The SMILES string of the molecule is COc1ccc(C2(C(=O)O)CCCC2)cc1CN1CCCC1. The number of hydrogen-bond donors (Lipinski definition) is 1. The second-order valence-electron chi connectivity index (χ2n) is 6.60. The Morgan fingerprint density at radius 2 is 1.91 bits per heavy atom. The second-order valence-corrected chi connectivity index (χ2v) is 6.60. The molecule has 120 valence electrons. The van der Waals surface area contributed by atoms with Crippen LogP contribution >= 0.6 is 0 Å². The molecule has 0 spiro atoms. The Morgan fingerprint density at radius 1 is 1.23 bits per heavy atom. The van der Waals surface area contributed by atoms with Gasteiger partial charge in [0.05, 0.1) is 12.5 Å². The van der Waals surface area contributed by atoms with E-state index >= 15 is 0 Å². The van der Waals surface area contributed by atoms with Gasteiger partial charge < -0.3 is 9.84 Å². The Kier molecular flexibility index (Phi) is 4.39. The molecule has 1 N–H and O–H groups in total. The summed E-state index contributed by atoms with van der Waals surface area (Å²) in [5.74, 6) is 0.191. The Hall–Kier alpha value is -1.55. The van der Waals surface area contributed by atoms with Crippen LogP contribution in [-0.4, -0.2) is 36.2 Å². The summed E-state index contributed by atoms with van der Waals surface area (Å²) in [6.07, 6.45) is 6.00. The zero-order valence-electron chi connectivity index (χ0n) is 13.3. The van der Waals surface area contributed by atoms with Crippen LogP contribution in [0.2, 0.25) is 0 Å². The molecular formula is C18H25NO3. The van der Waals surface area contributed by atoms with Crippen LogP contribution in [0.3, 0.4) is 0 Å². The monoisotopic (exact) mass is 303 g/mol. The van der Waals surface area contributed by atoms with E-state index in [0.717, 1.165) is 62.2 Å². The van der Waals surface area contributed by atoms with Crippen LogP contribution in [0.5, 0.6) is 5.75 Å². The van der Waals surface area contributed by atoms with E-state index < -0.39 is 11.4 Å². The first-order chi connectivity index (χ1) is 10.7. The van der Waals surface area contributed by atoms with Gasteiger partial charge in [-0.05, 0) is 56.5 Å². The zero-order chi connectivity index (χ0) is 15.6. The number of carboxylic acid groups (broad SMARTS) is 1. The molecule has 4 nitrogen and oxygen atoms in total. The molecule has 1 saturated heterocycles. The van der Waals surface area contributed by atoms with Crippen LogP contribution in [-0.2, 0) is 16.8 Å². The van der Waals surface area contributed by atoms with E-state index in [9.17, 15) is 9.90 Å². The standard InChI is InChI=1S/C18H25NO3/c1-22-16-7-6-15(18(17(20)21)8-2-3-9-18)12-14(16)13-19-10-4-5-11-19/h6-7,12H,2-5,8-11,13H2,1H3,(H,20,21). The van der Waals surface area contributed by atoms with E-state index in [1.807, 2.05) is 12.1 Å². The number of aliphatic carboxylic acids is 1. The fourth-order valence-corrected chi connectivity index (χ4v) is 3.99. The van der Waals surface area contributed by atoms with E-state index in [1.165, 1.54) is 12.8 Å². The second kappa shape index (κ2) is 6.29. The first-order valence-electron chi connectivity index (χ1n) is 8.29. The van der Waals surface area contributed by atoms with Gasteiger partial charge in [0.2, 0.25) is 0 Å². The van der Waals surface area contributed by atoms with E-state index in [0.29, 0.717) is 0 Å². The summed E-state index contributed by atoms with van der Waals surface area (Å²) in [4.78, 5) is 14.3. The van der Waals surface area contributed by atoms with Gasteiger partial charge in [0.25, 0.3) is 0 Å². The summed E-state index contributed by atoms with van der Waals surface area (Å²) in [5.41, 5.74) is 1.38. The molecule has 1 aromatic rings. The van der Waals surface area contributed by atoms with E-state index in [4.69, 9.17) is 4.74 Å². The smallest absolute Gasteiger partial charge is 0.314 e. The highest BCUT2D eigenvalue weighted by Crippen LogP contribution is 2.42. The predicted octanol–water partition coefficient (Wildman–Crippen LogP) is 3.19. The van der Waals surface area contributed by atoms with Crippen molar-refractivity contribution in [2.24, 2.45) is 0 Å². The van der Waals surface area contributed by atoms with Gasteiger partial charge in [0, 0.05) is 12.1 Å². The number of carboxylic acids is 1. The molecule has 0 unspecified atom stereocenters. The summed E-state index contributed by atoms with van der Waals surface area (Å²) in [7, 11) is 1.69. The molecule has 2 fully saturated rings. The number of benzene rings is 1. The molecule has 1 saturated carbocycles. The van der Waals surface area contributed by atoms with Gasteiger partial charge in [-0.25, -0.2) is 0 Å². The molecule has 0 amide bonds. The lowest BCUT2D eigenvalue weighted by Gasteiger charge is -2.26. The molecule has 1 aliphatic carbocycles. The van der Waals surface area contributed by atoms with Crippen molar-refractivity contribution in [2.75, 3.05) is 20.2 Å². The summed E-state index contributed by atoms with van der Waals surface area (Å²) in [6.45, 7) is 3.10. The Labute approximate surface area is 132 Å². The minimum Gasteiger partial charge on any atom is -0.496 e. The topological polar surface area (TPSA) is 49.8 Å². The average Bonchev–Trinajstić information content (AvgIpc) is 3.19. The number of ether oxygens (including phenoxy) is 1.